The molecule has 0 saturated heterocycles. The Kier molecular flexibility index (Phi) is 10.9. The van der Waals surface area contributed by atoms with Crippen LogP contribution in [0.2, 0.25) is 0 Å². The van der Waals surface area contributed by atoms with Crippen molar-refractivity contribution in [3.8, 4) is 5.75 Å². The van der Waals surface area contributed by atoms with Crippen LogP contribution in [0, 0.1) is 11.6 Å². The normalized spacial score (nSPS) is 14.9. The Bertz CT molecular complexity index is 1500. The highest BCUT2D eigenvalue weighted by Gasteiger charge is 2.44. The van der Waals surface area contributed by atoms with Gasteiger partial charge in [-0.15, -0.1) is 0 Å². The van der Waals surface area contributed by atoms with E-state index in [0.29, 0.717) is 18.8 Å². The van der Waals surface area contributed by atoms with Crippen molar-refractivity contribution < 1.29 is 28.2 Å². The zero-order valence-electron chi connectivity index (χ0n) is 25.3. The van der Waals surface area contributed by atoms with Crippen LogP contribution in [0.5, 0.6) is 5.75 Å². The van der Waals surface area contributed by atoms with E-state index < -0.39 is 35.2 Å². The van der Waals surface area contributed by atoms with E-state index in [1.807, 2.05) is 38.1 Å². The summed E-state index contributed by atoms with van der Waals surface area (Å²) in [6.07, 6.45) is 1.83. The Hall–Kier alpha value is -4.09. The van der Waals surface area contributed by atoms with Gasteiger partial charge in [-0.3, -0.25) is 14.4 Å². The molecule has 2 atom stereocenters. The lowest BCUT2D eigenvalue weighted by Crippen LogP contribution is -2.50. The van der Waals surface area contributed by atoms with Gasteiger partial charge in [0.25, 0.3) is 11.8 Å². The summed E-state index contributed by atoms with van der Waals surface area (Å²) >= 11 is 0. The third kappa shape index (κ3) is 8.29. The first kappa shape index (κ1) is 32.8. The minimum Gasteiger partial charge on any atom is -0.497 e. The van der Waals surface area contributed by atoms with E-state index in [0.717, 1.165) is 55.5 Å². The molecule has 4 rings (SSSR count). The van der Waals surface area contributed by atoms with Gasteiger partial charge in [0.2, 0.25) is 5.56 Å². The number of carbonyl (C=O) groups excluding carboxylic acids is 2. The molecule has 236 valence electrons. The van der Waals surface area contributed by atoms with Crippen molar-refractivity contribution in [2.75, 3.05) is 26.7 Å². The lowest BCUT2D eigenvalue weighted by atomic mass is 9.99. The second kappa shape index (κ2) is 14.6. The Labute approximate surface area is 255 Å². The number of amides is 2. The van der Waals surface area contributed by atoms with E-state index in [2.05, 4.69) is 15.6 Å². The van der Waals surface area contributed by atoms with Gasteiger partial charge < -0.3 is 30.4 Å². The highest BCUT2D eigenvalue weighted by Crippen LogP contribution is 2.46. The molecule has 0 radical (unpaired) electrons. The number of aromatic amines is 1. The van der Waals surface area contributed by atoms with Crippen LogP contribution in [0.25, 0.3) is 0 Å². The van der Waals surface area contributed by atoms with Crippen LogP contribution in [0.1, 0.15) is 71.5 Å². The summed E-state index contributed by atoms with van der Waals surface area (Å²) in [7, 11) is 1.59. The first-order chi connectivity index (χ1) is 21.1. The molecule has 0 unspecified atom stereocenters. The number of rotatable bonds is 15. The molecule has 1 aliphatic carbocycles. The summed E-state index contributed by atoms with van der Waals surface area (Å²) in [5.41, 5.74) is 0.121. The van der Waals surface area contributed by atoms with E-state index in [4.69, 9.17) is 4.74 Å². The van der Waals surface area contributed by atoms with E-state index >= 15 is 0 Å². The Morgan fingerprint density at radius 2 is 1.73 bits per heavy atom. The molecule has 44 heavy (non-hydrogen) atoms. The summed E-state index contributed by atoms with van der Waals surface area (Å²) in [4.78, 5) is 43.2. The molecule has 0 spiro atoms. The highest BCUT2D eigenvalue weighted by molar-refractivity contribution is 5.98. The number of benzene rings is 2. The number of halogens is 2. The lowest BCUT2D eigenvalue weighted by Gasteiger charge is -2.27. The van der Waals surface area contributed by atoms with Crippen LogP contribution in [-0.4, -0.2) is 65.7 Å². The van der Waals surface area contributed by atoms with Crippen LogP contribution in [0.4, 0.5) is 8.78 Å². The predicted octanol–water partition coefficient (Wildman–Crippen LogP) is 3.90. The maximum Gasteiger partial charge on any atom is 0.268 e. The van der Waals surface area contributed by atoms with Gasteiger partial charge >= 0.3 is 0 Å². The highest BCUT2D eigenvalue weighted by atomic mass is 19.1. The third-order valence-electron chi connectivity index (χ3n) is 7.79. The van der Waals surface area contributed by atoms with Gasteiger partial charge in [0.15, 0.2) is 0 Å². The number of aromatic nitrogens is 1. The van der Waals surface area contributed by atoms with Crippen molar-refractivity contribution in [1.29, 1.82) is 0 Å². The number of nitrogens with zero attached hydrogens (tertiary/aromatic N) is 1. The van der Waals surface area contributed by atoms with Gasteiger partial charge in [-0.05, 0) is 73.6 Å². The number of aliphatic hydroxyl groups is 1. The number of carbonyl (C=O) groups is 2. The van der Waals surface area contributed by atoms with E-state index in [-0.39, 0.29) is 41.2 Å². The largest absolute Gasteiger partial charge is 0.497 e. The number of hydrogen-bond acceptors (Lipinski definition) is 6. The fraction of sp³-hybridized carbons (Fsp3) is 0.424. The predicted molar refractivity (Wildman–Crippen MR) is 163 cm³/mol. The number of H-pyrrole nitrogens is 1. The van der Waals surface area contributed by atoms with Crippen molar-refractivity contribution >= 4 is 11.8 Å². The van der Waals surface area contributed by atoms with Gasteiger partial charge in [0.1, 0.15) is 23.1 Å². The van der Waals surface area contributed by atoms with Gasteiger partial charge in [0.05, 0.1) is 19.3 Å². The van der Waals surface area contributed by atoms with Gasteiger partial charge in [-0.1, -0.05) is 26.0 Å². The van der Waals surface area contributed by atoms with Gasteiger partial charge in [0, 0.05) is 42.9 Å². The topological polar surface area (TPSA) is 124 Å². The average molecular weight is 611 g/mol. The molecular weight excluding hydrogens is 570 g/mol. The Morgan fingerprint density at radius 1 is 1.05 bits per heavy atom. The Balaban J connectivity index is 1.56. The van der Waals surface area contributed by atoms with Crippen molar-refractivity contribution in [3.63, 3.8) is 0 Å². The maximum atomic E-state index is 14.0. The number of methoxy groups -OCH3 is 1. The summed E-state index contributed by atoms with van der Waals surface area (Å²) < 4.78 is 33.4. The SMILES string of the molecule is CCCN(CCC)C(=O)c1cc(C(=O)N[C@@H](Cc2cc(F)cc(F)c2)[C@H](O)CNC2(c3cccc(OC)c3)CC2)[nH]c(=O)c1. The van der Waals surface area contributed by atoms with Crippen LogP contribution in [0.3, 0.4) is 0 Å². The van der Waals surface area contributed by atoms with Crippen molar-refractivity contribution in [2.45, 2.75) is 63.6 Å². The number of pyridine rings is 1. The second-order valence-electron chi connectivity index (χ2n) is 11.3. The monoisotopic (exact) mass is 610 g/mol. The molecule has 1 saturated carbocycles. The van der Waals surface area contributed by atoms with Crippen molar-refractivity contribution in [3.05, 3.63) is 99.0 Å². The van der Waals surface area contributed by atoms with Crippen LogP contribution in [-0.2, 0) is 12.0 Å². The summed E-state index contributed by atoms with van der Waals surface area (Å²) in [5, 5.41) is 17.4. The van der Waals surface area contributed by atoms with Crippen LogP contribution in [0.15, 0.2) is 59.4 Å². The molecule has 3 aromatic rings. The lowest BCUT2D eigenvalue weighted by molar-refractivity contribution is 0.0755. The molecule has 4 N–H and O–H groups in total. The standard InChI is InChI=1S/C33H40F2N4O5/c1-4-11-39(12-5-2)32(43)22-16-28(37-30(41)17-22)31(42)38-27(15-21-13-24(34)19-25(35)14-21)29(40)20-36-33(9-10-33)23-7-6-8-26(18-23)44-3/h6-8,13-14,16-19,27,29,36,40H,4-5,9-12,15,20H2,1-3H3,(H,37,41)(H,38,42)/t27-,29+/m0/s1. The average Bonchev–Trinajstić information content (AvgIpc) is 3.79. The molecular formula is C33H40F2N4O5. The molecule has 0 aliphatic heterocycles. The molecule has 0 bridgehead atoms. The molecule has 2 aromatic carbocycles. The minimum absolute atomic E-state index is 0.0536. The Morgan fingerprint density at radius 3 is 2.34 bits per heavy atom. The summed E-state index contributed by atoms with van der Waals surface area (Å²) in [6, 6.07) is 12.1. The molecule has 2 amide bonds. The van der Waals surface area contributed by atoms with Crippen LogP contribution < -0.4 is 20.9 Å². The van der Waals surface area contributed by atoms with Crippen molar-refractivity contribution in [1.82, 2.24) is 20.5 Å². The van der Waals surface area contributed by atoms with E-state index in [9.17, 15) is 28.3 Å². The maximum absolute atomic E-state index is 14.0. The number of nitrogens with one attached hydrogen (secondary N) is 3. The van der Waals surface area contributed by atoms with Gasteiger partial charge in [-0.2, -0.15) is 0 Å². The van der Waals surface area contributed by atoms with E-state index in [1.54, 1.807) is 12.0 Å². The quantitative estimate of drug-likeness (QED) is 0.207. The second-order valence-corrected chi connectivity index (χ2v) is 11.3. The van der Waals surface area contributed by atoms with Gasteiger partial charge in [-0.25, -0.2) is 8.78 Å². The van der Waals surface area contributed by atoms with Crippen molar-refractivity contribution in [2.24, 2.45) is 0 Å². The third-order valence-corrected chi connectivity index (χ3v) is 7.79. The number of aliphatic hydroxyl groups excluding tert-OH is 1. The number of hydrogen-bond donors (Lipinski definition) is 4. The molecule has 11 heteroatoms. The zero-order chi connectivity index (χ0) is 31.9. The molecule has 1 fully saturated rings. The molecule has 1 heterocycles. The first-order valence-corrected chi connectivity index (χ1v) is 14.9. The number of ether oxygens (including phenoxy) is 1. The van der Waals surface area contributed by atoms with E-state index in [1.165, 1.54) is 6.07 Å². The molecule has 1 aromatic heterocycles. The fourth-order valence-electron chi connectivity index (χ4n) is 5.39. The summed E-state index contributed by atoms with van der Waals surface area (Å²) in [6.45, 7) is 4.95. The smallest absolute Gasteiger partial charge is 0.268 e. The fourth-order valence-corrected chi connectivity index (χ4v) is 5.39. The first-order valence-electron chi connectivity index (χ1n) is 14.9. The zero-order valence-corrected chi connectivity index (χ0v) is 25.3. The minimum atomic E-state index is -1.19. The molecule has 1 aliphatic rings. The van der Waals surface area contributed by atoms with Crippen LogP contribution >= 0.6 is 0 Å². The molecule has 9 nitrogen and oxygen atoms in total. The summed E-state index contributed by atoms with van der Waals surface area (Å²) in [5.74, 6) is -1.98.